The van der Waals surface area contributed by atoms with Crippen molar-refractivity contribution in [1.82, 2.24) is 15.6 Å². The van der Waals surface area contributed by atoms with Gasteiger partial charge in [-0.05, 0) is 18.9 Å². The summed E-state index contributed by atoms with van der Waals surface area (Å²) in [5.41, 5.74) is 0.644. The van der Waals surface area contributed by atoms with Gasteiger partial charge in [-0.1, -0.05) is 19.3 Å². The quantitative estimate of drug-likeness (QED) is 0.864. The number of methoxy groups -OCH3 is 1. The molecule has 2 N–H and O–H groups in total. The second-order valence-corrected chi connectivity index (χ2v) is 5.67. The van der Waals surface area contributed by atoms with Crippen molar-refractivity contribution >= 4 is 17.6 Å². The summed E-state index contributed by atoms with van der Waals surface area (Å²) in [5, 5.41) is 5.53. The Balaban J connectivity index is 1.77. The van der Waals surface area contributed by atoms with Crippen molar-refractivity contribution in [3.63, 3.8) is 0 Å². The maximum atomic E-state index is 12.1. The van der Waals surface area contributed by atoms with E-state index in [4.69, 9.17) is 4.74 Å². The molecule has 1 aromatic rings. The molecule has 126 valence electrons. The predicted molar refractivity (Wildman–Crippen MR) is 87.6 cm³/mol. The maximum absolute atomic E-state index is 12.1. The van der Waals surface area contributed by atoms with E-state index >= 15 is 0 Å². The van der Waals surface area contributed by atoms with Crippen LogP contribution >= 0.6 is 0 Å². The van der Waals surface area contributed by atoms with Crippen molar-refractivity contribution in [2.24, 2.45) is 0 Å². The van der Waals surface area contributed by atoms with Crippen molar-refractivity contribution in [2.75, 3.05) is 25.6 Å². The number of likely N-dealkylation sites (N-methyl/N-ethyl adjacent to an activating group) is 1. The molecule has 0 unspecified atom stereocenters. The van der Waals surface area contributed by atoms with Crippen LogP contribution in [-0.2, 0) is 4.79 Å². The lowest BCUT2D eigenvalue weighted by Gasteiger charge is -2.23. The molecule has 0 saturated heterocycles. The highest BCUT2D eigenvalue weighted by molar-refractivity contribution is 5.95. The van der Waals surface area contributed by atoms with Gasteiger partial charge in [-0.15, -0.1) is 0 Å². The second kappa shape index (κ2) is 8.36. The summed E-state index contributed by atoms with van der Waals surface area (Å²) in [6.45, 7) is -0.0545. The van der Waals surface area contributed by atoms with E-state index in [1.54, 1.807) is 25.4 Å². The van der Waals surface area contributed by atoms with Crippen molar-refractivity contribution in [3.05, 3.63) is 18.3 Å². The molecule has 3 amide bonds. The van der Waals surface area contributed by atoms with E-state index in [1.165, 1.54) is 18.4 Å². The summed E-state index contributed by atoms with van der Waals surface area (Å²) >= 11 is 0. The Hall–Kier alpha value is -2.31. The van der Waals surface area contributed by atoms with Gasteiger partial charge in [0.25, 0.3) is 0 Å². The molecule has 7 nitrogen and oxygen atoms in total. The lowest BCUT2D eigenvalue weighted by Crippen LogP contribution is -2.46. The highest BCUT2D eigenvalue weighted by atomic mass is 16.5. The fourth-order valence-corrected chi connectivity index (χ4v) is 2.59. The van der Waals surface area contributed by atoms with E-state index < -0.39 is 0 Å². The van der Waals surface area contributed by atoms with Crippen LogP contribution in [0.1, 0.15) is 32.1 Å². The molecule has 1 fully saturated rings. The maximum Gasteiger partial charge on any atom is 0.315 e. The number of pyridine rings is 1. The second-order valence-electron chi connectivity index (χ2n) is 5.67. The van der Waals surface area contributed by atoms with Gasteiger partial charge in [0.15, 0.2) is 0 Å². The summed E-state index contributed by atoms with van der Waals surface area (Å²) in [7, 11) is 3.18. The Labute approximate surface area is 136 Å². The Morgan fingerprint density at radius 2 is 2.04 bits per heavy atom. The number of rotatable bonds is 5. The molecule has 1 aromatic heterocycles. The Bertz CT molecular complexity index is 527. The third-order valence-corrected chi connectivity index (χ3v) is 4.03. The number of amides is 3. The average Bonchev–Trinajstić information content (AvgIpc) is 2.60. The molecule has 1 saturated carbocycles. The smallest absolute Gasteiger partial charge is 0.315 e. The molecule has 1 aliphatic carbocycles. The van der Waals surface area contributed by atoms with E-state index in [9.17, 15) is 9.59 Å². The van der Waals surface area contributed by atoms with E-state index in [0.717, 1.165) is 25.7 Å². The van der Waals surface area contributed by atoms with Crippen LogP contribution in [-0.4, -0.2) is 43.7 Å². The van der Waals surface area contributed by atoms with Crippen molar-refractivity contribution in [1.29, 1.82) is 0 Å². The molecular weight excluding hydrogens is 296 g/mol. The average molecular weight is 320 g/mol. The van der Waals surface area contributed by atoms with Gasteiger partial charge >= 0.3 is 6.03 Å². The van der Waals surface area contributed by atoms with E-state index in [-0.39, 0.29) is 24.5 Å². The molecule has 23 heavy (non-hydrogen) atoms. The number of nitrogens with zero attached hydrogens (tertiary/aromatic N) is 2. The number of urea groups is 1. The van der Waals surface area contributed by atoms with Crippen LogP contribution in [0.4, 0.5) is 10.5 Å². The number of aromatic nitrogens is 1. The first-order valence-electron chi connectivity index (χ1n) is 7.91. The Morgan fingerprint density at radius 3 is 2.65 bits per heavy atom. The zero-order valence-corrected chi connectivity index (χ0v) is 13.7. The van der Waals surface area contributed by atoms with Gasteiger partial charge in [0.2, 0.25) is 11.8 Å². The Kier molecular flexibility index (Phi) is 6.19. The summed E-state index contributed by atoms with van der Waals surface area (Å²) in [6.07, 6.45) is 7.11. The fourth-order valence-electron chi connectivity index (χ4n) is 2.59. The third kappa shape index (κ3) is 5.12. The van der Waals surface area contributed by atoms with E-state index in [2.05, 4.69) is 15.6 Å². The minimum atomic E-state index is -0.286. The van der Waals surface area contributed by atoms with Gasteiger partial charge in [0.05, 0.1) is 25.5 Å². The molecule has 0 atom stereocenters. The number of hydrogen-bond acceptors (Lipinski definition) is 4. The molecule has 1 aliphatic rings. The first-order valence-corrected chi connectivity index (χ1v) is 7.91. The summed E-state index contributed by atoms with van der Waals surface area (Å²) in [6, 6.07) is 3.36. The molecule has 0 bridgehead atoms. The van der Waals surface area contributed by atoms with Gasteiger partial charge in [-0.2, -0.15) is 0 Å². The first-order chi connectivity index (χ1) is 11.1. The molecule has 0 radical (unpaired) electrons. The van der Waals surface area contributed by atoms with Crippen LogP contribution in [0.15, 0.2) is 18.3 Å². The van der Waals surface area contributed by atoms with Crippen LogP contribution < -0.4 is 20.3 Å². The fraction of sp³-hybridized carbons (Fsp3) is 0.562. The van der Waals surface area contributed by atoms with Gasteiger partial charge in [0.1, 0.15) is 0 Å². The molecule has 2 rings (SSSR count). The number of hydrogen-bond donors (Lipinski definition) is 2. The lowest BCUT2D eigenvalue weighted by molar-refractivity contribution is -0.117. The Morgan fingerprint density at radius 1 is 1.30 bits per heavy atom. The largest absolute Gasteiger partial charge is 0.481 e. The molecular formula is C16H24N4O3. The van der Waals surface area contributed by atoms with Crippen LogP contribution in [0.25, 0.3) is 0 Å². The molecule has 0 spiro atoms. The normalized spacial score (nSPS) is 14.9. The van der Waals surface area contributed by atoms with Crippen molar-refractivity contribution in [2.45, 2.75) is 38.1 Å². The van der Waals surface area contributed by atoms with Crippen LogP contribution in [0.5, 0.6) is 5.88 Å². The van der Waals surface area contributed by atoms with Gasteiger partial charge in [-0.3, -0.25) is 4.79 Å². The van der Waals surface area contributed by atoms with Crippen LogP contribution in [0.3, 0.4) is 0 Å². The summed E-state index contributed by atoms with van der Waals surface area (Å²) in [4.78, 5) is 29.5. The standard InChI is InChI=1S/C16H24N4O3/c1-20(13-8-9-14(23-2)17-10-13)15(21)11-18-16(22)19-12-6-4-3-5-7-12/h8-10,12H,3-7,11H2,1-2H3,(H2,18,19,22). The number of carbonyl (C=O) groups is 2. The minimum Gasteiger partial charge on any atom is -0.481 e. The number of carbonyl (C=O) groups excluding carboxylic acids is 2. The highest BCUT2D eigenvalue weighted by Gasteiger charge is 2.17. The number of nitrogens with one attached hydrogen (secondary N) is 2. The van der Waals surface area contributed by atoms with Crippen LogP contribution in [0, 0.1) is 0 Å². The predicted octanol–water partition coefficient (Wildman–Crippen LogP) is 1.68. The molecule has 0 aromatic carbocycles. The topological polar surface area (TPSA) is 83.6 Å². The van der Waals surface area contributed by atoms with Gasteiger partial charge in [0, 0.05) is 19.2 Å². The van der Waals surface area contributed by atoms with E-state index in [1.807, 2.05) is 0 Å². The molecule has 7 heteroatoms. The zero-order chi connectivity index (χ0) is 16.7. The molecule has 0 aliphatic heterocycles. The lowest BCUT2D eigenvalue weighted by atomic mass is 9.96. The van der Waals surface area contributed by atoms with Crippen LogP contribution in [0.2, 0.25) is 0 Å². The van der Waals surface area contributed by atoms with Gasteiger partial charge in [-0.25, -0.2) is 9.78 Å². The SMILES string of the molecule is COc1ccc(N(C)C(=O)CNC(=O)NC2CCCCC2)cn1. The minimum absolute atomic E-state index is 0.0545. The monoisotopic (exact) mass is 320 g/mol. The van der Waals surface area contributed by atoms with Gasteiger partial charge < -0.3 is 20.3 Å². The molecule has 1 heterocycles. The summed E-state index contributed by atoms with van der Waals surface area (Å²) < 4.78 is 4.98. The zero-order valence-electron chi connectivity index (χ0n) is 13.7. The van der Waals surface area contributed by atoms with Crippen molar-refractivity contribution < 1.29 is 14.3 Å². The first kappa shape index (κ1) is 17.1. The summed E-state index contributed by atoms with van der Waals surface area (Å²) in [5.74, 6) is 0.273. The highest BCUT2D eigenvalue weighted by Crippen LogP contribution is 2.17. The van der Waals surface area contributed by atoms with E-state index in [0.29, 0.717) is 11.6 Å². The number of anilines is 1. The number of ether oxygens (including phenoxy) is 1. The third-order valence-electron chi connectivity index (χ3n) is 4.03. The van der Waals surface area contributed by atoms with Crippen molar-refractivity contribution in [3.8, 4) is 5.88 Å².